The van der Waals surface area contributed by atoms with Crippen LogP contribution in [0.1, 0.15) is 19.3 Å². The summed E-state index contributed by atoms with van der Waals surface area (Å²) in [5, 5.41) is 17.4. The zero-order valence-corrected chi connectivity index (χ0v) is 20.9. The lowest BCUT2D eigenvalue weighted by Gasteiger charge is -2.04. The summed E-state index contributed by atoms with van der Waals surface area (Å²) in [7, 11) is 5.26. The van der Waals surface area contributed by atoms with Gasteiger partial charge in [-0.3, -0.25) is 0 Å². The molecule has 0 aliphatic rings. The topological polar surface area (TPSA) is 94.5 Å². The minimum absolute atomic E-state index is 0.601. The first-order valence-electron chi connectivity index (χ1n) is 11.8. The van der Waals surface area contributed by atoms with E-state index in [9.17, 15) is 0 Å². The van der Waals surface area contributed by atoms with Crippen molar-refractivity contribution >= 4 is 23.3 Å². The third kappa shape index (κ3) is 6.62. The van der Waals surface area contributed by atoms with Crippen LogP contribution in [-0.2, 0) is 20.1 Å². The average Bonchev–Trinajstić information content (AvgIpc) is 3.52. The molecule has 0 N–H and O–H groups in total. The van der Waals surface area contributed by atoms with Crippen molar-refractivity contribution in [3.05, 3.63) is 73.3 Å². The monoisotopic (exact) mass is 487 g/mol. The Kier molecular flexibility index (Phi) is 8.53. The second-order valence-electron chi connectivity index (χ2n) is 8.18. The van der Waals surface area contributed by atoms with Gasteiger partial charge < -0.3 is 14.0 Å². The van der Waals surface area contributed by atoms with Crippen LogP contribution >= 0.6 is 0 Å². The number of hydrogen-bond acceptors (Lipinski definition) is 7. The number of benzene rings is 2. The van der Waals surface area contributed by atoms with Gasteiger partial charge >= 0.3 is 5.95 Å². The van der Waals surface area contributed by atoms with E-state index >= 15 is 0 Å². The molecule has 2 heterocycles. The van der Waals surface area contributed by atoms with Gasteiger partial charge in [0.15, 0.2) is 0 Å². The molecule has 0 saturated heterocycles. The molecule has 0 aliphatic heterocycles. The second kappa shape index (κ2) is 12.4. The highest BCUT2D eigenvalue weighted by Gasteiger charge is 2.14. The lowest BCUT2D eigenvalue weighted by Crippen LogP contribution is -2.31. The van der Waals surface area contributed by atoms with E-state index in [1.54, 1.807) is 20.4 Å². The number of rotatable bonds is 12. The van der Waals surface area contributed by atoms with Crippen molar-refractivity contribution in [1.82, 2.24) is 14.1 Å². The van der Waals surface area contributed by atoms with Gasteiger partial charge in [0.25, 0.3) is 0 Å². The maximum absolute atomic E-state index is 5.19. The van der Waals surface area contributed by atoms with Crippen molar-refractivity contribution in [3.63, 3.8) is 0 Å². The van der Waals surface area contributed by atoms with E-state index < -0.39 is 0 Å². The zero-order valence-electron chi connectivity index (χ0n) is 20.9. The average molecular weight is 488 g/mol. The summed E-state index contributed by atoms with van der Waals surface area (Å²) in [6.07, 6.45) is 10.8. The van der Waals surface area contributed by atoms with Crippen LogP contribution in [-0.4, -0.2) is 28.3 Å². The quantitative estimate of drug-likeness (QED) is 0.135. The normalized spacial score (nSPS) is 11.5. The van der Waals surface area contributed by atoms with Crippen molar-refractivity contribution in [1.29, 1.82) is 0 Å². The van der Waals surface area contributed by atoms with Crippen LogP contribution in [0, 0.1) is 0 Å². The summed E-state index contributed by atoms with van der Waals surface area (Å²) in [4.78, 5) is 4.32. The fourth-order valence-electron chi connectivity index (χ4n) is 3.64. The molecule has 10 nitrogen and oxygen atoms in total. The van der Waals surface area contributed by atoms with E-state index in [2.05, 4.69) is 30.0 Å². The molecule has 36 heavy (non-hydrogen) atoms. The molecule has 0 aliphatic carbocycles. The molecule has 2 aromatic carbocycles. The van der Waals surface area contributed by atoms with Gasteiger partial charge in [0.1, 0.15) is 17.2 Å². The molecule has 186 valence electrons. The maximum Gasteiger partial charge on any atom is 0.421 e. The summed E-state index contributed by atoms with van der Waals surface area (Å²) in [6.45, 7) is 1.70. The Balaban J connectivity index is 1.26. The smallest absolute Gasteiger partial charge is 0.421 e. The Morgan fingerprint density at radius 2 is 1.42 bits per heavy atom. The number of imidazole rings is 2. The molecular formula is C26H31N8O2+. The number of methoxy groups -OCH3 is 2. The van der Waals surface area contributed by atoms with Crippen LogP contribution in [0.15, 0.2) is 93.8 Å². The fourth-order valence-corrected chi connectivity index (χ4v) is 3.64. The van der Waals surface area contributed by atoms with Gasteiger partial charge in [-0.25, -0.2) is 14.1 Å². The van der Waals surface area contributed by atoms with Crippen molar-refractivity contribution in [2.75, 3.05) is 14.2 Å². The molecule has 0 atom stereocenters. The van der Waals surface area contributed by atoms with Crippen molar-refractivity contribution in [2.45, 2.75) is 32.4 Å². The van der Waals surface area contributed by atoms with Gasteiger partial charge in [0.05, 0.1) is 45.9 Å². The van der Waals surface area contributed by atoms with Gasteiger partial charge in [-0.05, 0) is 67.8 Å². The number of ether oxygens (including phenoxy) is 2. The minimum atomic E-state index is 0.601. The van der Waals surface area contributed by atoms with Crippen molar-refractivity contribution in [2.24, 2.45) is 27.5 Å². The fraction of sp³-hybridized carbons (Fsp3) is 0.308. The molecule has 0 spiro atoms. The van der Waals surface area contributed by atoms with E-state index in [-0.39, 0.29) is 0 Å². The molecule has 0 unspecified atom stereocenters. The summed E-state index contributed by atoms with van der Waals surface area (Å²) in [5.41, 5.74) is 1.54. The molecule has 0 saturated carbocycles. The zero-order chi connectivity index (χ0) is 25.2. The molecule has 4 rings (SSSR count). The van der Waals surface area contributed by atoms with E-state index in [4.69, 9.17) is 9.47 Å². The predicted molar refractivity (Wildman–Crippen MR) is 136 cm³/mol. The van der Waals surface area contributed by atoms with Gasteiger partial charge in [0.2, 0.25) is 5.95 Å². The summed E-state index contributed by atoms with van der Waals surface area (Å²) in [6, 6.07) is 15.0. The van der Waals surface area contributed by atoms with E-state index in [1.165, 1.54) is 0 Å². The molecule has 0 radical (unpaired) electrons. The Bertz CT molecular complexity index is 1290. The SMILES string of the molecule is COc1ccc(/N=N/c2nccn2CCCCC[n+]2ccn(C)c2/N=N/c2ccc(OC)cc2)cc1. The van der Waals surface area contributed by atoms with Gasteiger partial charge in [-0.15, -0.1) is 10.2 Å². The van der Waals surface area contributed by atoms with Gasteiger partial charge in [0, 0.05) is 24.1 Å². The van der Waals surface area contributed by atoms with Crippen LogP contribution in [0.3, 0.4) is 0 Å². The lowest BCUT2D eigenvalue weighted by atomic mass is 10.2. The Hall–Kier alpha value is -4.34. The highest BCUT2D eigenvalue weighted by atomic mass is 16.5. The van der Waals surface area contributed by atoms with E-state index in [0.717, 1.165) is 61.2 Å². The number of unbranched alkanes of at least 4 members (excludes halogenated alkanes) is 2. The van der Waals surface area contributed by atoms with Crippen LogP contribution in [0.5, 0.6) is 11.5 Å². The lowest BCUT2D eigenvalue weighted by molar-refractivity contribution is -0.684. The first kappa shape index (κ1) is 24.8. The van der Waals surface area contributed by atoms with E-state index in [0.29, 0.717) is 5.95 Å². The number of hydrogen-bond donors (Lipinski definition) is 0. The van der Waals surface area contributed by atoms with Crippen molar-refractivity contribution < 1.29 is 14.0 Å². The second-order valence-corrected chi connectivity index (χ2v) is 8.18. The van der Waals surface area contributed by atoms with Crippen LogP contribution in [0.2, 0.25) is 0 Å². The van der Waals surface area contributed by atoms with Crippen molar-refractivity contribution in [3.8, 4) is 11.5 Å². The molecular weight excluding hydrogens is 456 g/mol. The molecule has 0 amide bonds. The maximum atomic E-state index is 5.19. The number of aromatic nitrogens is 4. The number of aryl methyl sites for hydroxylation is 3. The van der Waals surface area contributed by atoms with Crippen LogP contribution < -0.4 is 14.0 Å². The van der Waals surface area contributed by atoms with Gasteiger partial charge in [-0.1, -0.05) is 5.11 Å². The first-order chi connectivity index (χ1) is 17.7. The Labute approximate surface area is 210 Å². The summed E-state index contributed by atoms with van der Waals surface area (Å²) in [5.74, 6) is 2.99. The minimum Gasteiger partial charge on any atom is -0.497 e. The number of nitrogens with zero attached hydrogens (tertiary/aromatic N) is 8. The molecule has 2 aromatic heterocycles. The van der Waals surface area contributed by atoms with E-state index in [1.807, 2.05) is 83.3 Å². The number of azo groups is 2. The first-order valence-corrected chi connectivity index (χ1v) is 11.8. The highest BCUT2D eigenvalue weighted by molar-refractivity contribution is 5.41. The largest absolute Gasteiger partial charge is 0.497 e. The predicted octanol–water partition coefficient (Wildman–Crippen LogP) is 6.23. The Morgan fingerprint density at radius 3 is 2.06 bits per heavy atom. The highest BCUT2D eigenvalue weighted by Crippen LogP contribution is 2.21. The van der Waals surface area contributed by atoms with Gasteiger partial charge in [-0.2, -0.15) is 0 Å². The summed E-state index contributed by atoms with van der Waals surface area (Å²) >= 11 is 0. The third-order valence-electron chi connectivity index (χ3n) is 5.69. The standard InChI is InChI=1S/C26H31N8O2/c1-32-19-20-34(26(32)31-29-22-9-13-24(36-3)14-10-22)17-6-4-5-16-33-18-15-27-25(33)30-28-21-7-11-23(35-2)12-8-21/h7-15,18-20H,4-6,16-17H2,1-3H3/q+1/b30-28+. The van der Waals surface area contributed by atoms with Crippen LogP contribution in [0.4, 0.5) is 23.3 Å². The molecule has 0 bridgehead atoms. The third-order valence-corrected chi connectivity index (χ3v) is 5.69. The summed E-state index contributed by atoms with van der Waals surface area (Å²) < 4.78 is 16.5. The molecule has 4 aromatic rings. The Morgan fingerprint density at radius 1 is 0.778 bits per heavy atom. The molecule has 0 fully saturated rings. The molecule has 10 heteroatoms. The van der Waals surface area contributed by atoms with Crippen LogP contribution in [0.25, 0.3) is 0 Å².